The Morgan fingerprint density at radius 1 is 1.25 bits per heavy atom. The first-order valence-corrected chi connectivity index (χ1v) is 6.97. The molecule has 1 heterocycles. The number of aryl methyl sites for hydroxylation is 1. The zero-order valence-electron chi connectivity index (χ0n) is 10.9. The summed E-state index contributed by atoms with van der Waals surface area (Å²) in [6.45, 7) is 3.21. The van der Waals surface area contributed by atoms with Gasteiger partial charge in [-0.3, -0.25) is 9.59 Å². The average molecular weight is 310 g/mol. The van der Waals surface area contributed by atoms with Crippen LogP contribution < -0.4 is 10.6 Å². The molecule has 5 nitrogen and oxygen atoms in total. The first-order valence-electron chi connectivity index (χ1n) is 5.77. The lowest BCUT2D eigenvalue weighted by atomic mass is 10.2. The molecule has 20 heavy (non-hydrogen) atoms. The summed E-state index contributed by atoms with van der Waals surface area (Å²) in [5, 5.41) is 5.37. The fourth-order valence-electron chi connectivity index (χ4n) is 1.64. The Morgan fingerprint density at radius 2 is 1.90 bits per heavy atom. The van der Waals surface area contributed by atoms with E-state index in [1.807, 2.05) is 0 Å². The molecule has 0 saturated heterocycles. The lowest BCUT2D eigenvalue weighted by molar-refractivity contribution is -0.114. The summed E-state index contributed by atoms with van der Waals surface area (Å²) in [4.78, 5) is 27.8. The predicted molar refractivity (Wildman–Crippen MR) is 80.6 cm³/mol. The zero-order valence-corrected chi connectivity index (χ0v) is 12.4. The number of hydrogen-bond donors (Lipinski definition) is 2. The number of thiazole rings is 1. The summed E-state index contributed by atoms with van der Waals surface area (Å²) >= 11 is 7.03. The van der Waals surface area contributed by atoms with Crippen LogP contribution in [0.25, 0.3) is 0 Å². The highest BCUT2D eigenvalue weighted by molar-refractivity contribution is 7.15. The second kappa shape index (κ2) is 6.02. The molecule has 2 aromatic rings. The Kier molecular flexibility index (Phi) is 4.36. The molecule has 0 aliphatic rings. The topological polar surface area (TPSA) is 71.1 Å². The van der Waals surface area contributed by atoms with Gasteiger partial charge in [-0.15, -0.1) is 11.3 Å². The largest absolute Gasteiger partial charge is 0.326 e. The van der Waals surface area contributed by atoms with Gasteiger partial charge in [-0.2, -0.15) is 0 Å². The molecule has 2 amide bonds. The van der Waals surface area contributed by atoms with Gasteiger partial charge in [0.2, 0.25) is 5.91 Å². The van der Waals surface area contributed by atoms with Crippen LogP contribution in [0.3, 0.4) is 0 Å². The highest BCUT2D eigenvalue weighted by Crippen LogP contribution is 2.23. The van der Waals surface area contributed by atoms with Gasteiger partial charge in [-0.05, 0) is 25.1 Å². The van der Waals surface area contributed by atoms with E-state index in [1.165, 1.54) is 18.3 Å². The van der Waals surface area contributed by atoms with Crippen LogP contribution in [0.1, 0.15) is 22.3 Å². The SMILES string of the molecule is CC(=O)Nc1cccc(NC(=O)c2nc(Cl)sc2C)c1. The average Bonchev–Trinajstić information content (AvgIpc) is 2.68. The Bertz CT molecular complexity index is 669. The number of rotatable bonds is 3. The summed E-state index contributed by atoms with van der Waals surface area (Å²) in [6.07, 6.45) is 0. The highest BCUT2D eigenvalue weighted by Gasteiger charge is 2.14. The second-order valence-corrected chi connectivity index (χ2v) is 5.87. The summed E-state index contributed by atoms with van der Waals surface area (Å²) in [7, 11) is 0. The number of carbonyl (C=O) groups is 2. The van der Waals surface area contributed by atoms with Crippen LogP contribution in [0, 0.1) is 6.92 Å². The molecule has 104 valence electrons. The molecule has 0 spiro atoms. The van der Waals surface area contributed by atoms with Crippen LogP contribution in [0.15, 0.2) is 24.3 Å². The Hall–Kier alpha value is -1.92. The van der Waals surface area contributed by atoms with Gasteiger partial charge in [0, 0.05) is 23.2 Å². The highest BCUT2D eigenvalue weighted by atomic mass is 35.5. The van der Waals surface area contributed by atoms with Crippen molar-refractivity contribution in [3.05, 3.63) is 39.3 Å². The third kappa shape index (κ3) is 3.55. The molecule has 2 rings (SSSR count). The van der Waals surface area contributed by atoms with Gasteiger partial charge in [0.15, 0.2) is 4.47 Å². The Morgan fingerprint density at radius 3 is 2.45 bits per heavy atom. The fourth-order valence-corrected chi connectivity index (χ4v) is 2.70. The standard InChI is InChI=1S/C13H12ClN3O2S/c1-7-11(17-13(14)20-7)12(19)16-10-5-3-4-9(6-10)15-8(2)18/h3-6H,1-2H3,(H,15,18)(H,16,19). The van der Waals surface area contributed by atoms with Gasteiger partial charge < -0.3 is 10.6 Å². The molecule has 1 aromatic heterocycles. The lowest BCUT2D eigenvalue weighted by Gasteiger charge is -2.07. The van der Waals surface area contributed by atoms with Crippen molar-refractivity contribution >= 4 is 46.1 Å². The minimum Gasteiger partial charge on any atom is -0.326 e. The third-order valence-corrected chi connectivity index (χ3v) is 3.50. The van der Waals surface area contributed by atoms with Crippen molar-refractivity contribution in [3.63, 3.8) is 0 Å². The number of nitrogens with zero attached hydrogens (tertiary/aromatic N) is 1. The van der Waals surface area contributed by atoms with Crippen LogP contribution in [-0.2, 0) is 4.79 Å². The maximum Gasteiger partial charge on any atom is 0.275 e. The minimum absolute atomic E-state index is 0.171. The van der Waals surface area contributed by atoms with E-state index in [2.05, 4.69) is 15.6 Å². The van der Waals surface area contributed by atoms with Crippen molar-refractivity contribution in [2.45, 2.75) is 13.8 Å². The van der Waals surface area contributed by atoms with Crippen molar-refractivity contribution in [3.8, 4) is 0 Å². The first-order chi connectivity index (χ1) is 9.45. The van der Waals surface area contributed by atoms with E-state index in [0.29, 0.717) is 21.5 Å². The number of amides is 2. The monoisotopic (exact) mass is 309 g/mol. The molecule has 7 heteroatoms. The van der Waals surface area contributed by atoms with E-state index in [1.54, 1.807) is 31.2 Å². The lowest BCUT2D eigenvalue weighted by Crippen LogP contribution is -2.14. The van der Waals surface area contributed by atoms with Gasteiger partial charge in [-0.1, -0.05) is 17.7 Å². The molecule has 0 fully saturated rings. The molecule has 1 aromatic carbocycles. The molecule has 0 aliphatic heterocycles. The first kappa shape index (κ1) is 14.5. The smallest absolute Gasteiger partial charge is 0.275 e. The van der Waals surface area contributed by atoms with Gasteiger partial charge in [-0.25, -0.2) is 4.98 Å². The van der Waals surface area contributed by atoms with E-state index < -0.39 is 0 Å². The number of nitrogens with one attached hydrogen (secondary N) is 2. The van der Waals surface area contributed by atoms with Crippen LogP contribution in [-0.4, -0.2) is 16.8 Å². The number of hydrogen-bond acceptors (Lipinski definition) is 4. The van der Waals surface area contributed by atoms with Crippen molar-refractivity contribution in [1.29, 1.82) is 0 Å². The molecular formula is C13H12ClN3O2S. The number of anilines is 2. The Labute approximate surface area is 125 Å². The molecule has 0 radical (unpaired) electrons. The molecule has 0 unspecified atom stereocenters. The molecule has 0 bridgehead atoms. The van der Waals surface area contributed by atoms with E-state index in [9.17, 15) is 9.59 Å². The van der Waals surface area contributed by atoms with Crippen LogP contribution >= 0.6 is 22.9 Å². The number of halogens is 1. The van der Waals surface area contributed by atoms with Crippen molar-refractivity contribution < 1.29 is 9.59 Å². The van der Waals surface area contributed by atoms with Gasteiger partial charge >= 0.3 is 0 Å². The minimum atomic E-state index is -0.328. The molecule has 0 aliphatic carbocycles. The van der Waals surface area contributed by atoms with Gasteiger partial charge in [0.25, 0.3) is 5.91 Å². The number of carbonyl (C=O) groups excluding carboxylic acids is 2. The Balaban J connectivity index is 2.15. The second-order valence-electron chi connectivity index (χ2n) is 4.09. The maximum atomic E-state index is 12.1. The van der Waals surface area contributed by atoms with Crippen molar-refractivity contribution in [2.24, 2.45) is 0 Å². The van der Waals surface area contributed by atoms with E-state index in [0.717, 1.165) is 4.88 Å². The number of aromatic nitrogens is 1. The quantitative estimate of drug-likeness (QED) is 0.913. The summed E-state index contributed by atoms with van der Waals surface area (Å²) in [6, 6.07) is 6.87. The number of benzene rings is 1. The molecule has 0 atom stereocenters. The van der Waals surface area contributed by atoms with Gasteiger partial charge in [0.1, 0.15) is 5.69 Å². The van der Waals surface area contributed by atoms with Crippen molar-refractivity contribution in [2.75, 3.05) is 10.6 Å². The molecule has 0 saturated carbocycles. The normalized spacial score (nSPS) is 10.2. The predicted octanol–water partition coefficient (Wildman–Crippen LogP) is 3.32. The van der Waals surface area contributed by atoms with Gasteiger partial charge in [0.05, 0.1) is 0 Å². The van der Waals surface area contributed by atoms with Crippen molar-refractivity contribution in [1.82, 2.24) is 4.98 Å². The van der Waals surface area contributed by atoms with E-state index in [4.69, 9.17) is 11.6 Å². The van der Waals surface area contributed by atoms with E-state index in [-0.39, 0.29) is 11.8 Å². The summed E-state index contributed by atoms with van der Waals surface area (Å²) < 4.78 is 0.333. The molecular weight excluding hydrogens is 298 g/mol. The summed E-state index contributed by atoms with van der Waals surface area (Å²) in [5.74, 6) is -0.499. The fraction of sp³-hybridized carbons (Fsp3) is 0.154. The third-order valence-electron chi connectivity index (χ3n) is 2.43. The summed E-state index contributed by atoms with van der Waals surface area (Å²) in [5.41, 5.74) is 1.50. The zero-order chi connectivity index (χ0) is 14.7. The van der Waals surface area contributed by atoms with E-state index >= 15 is 0 Å². The molecule has 2 N–H and O–H groups in total. The van der Waals surface area contributed by atoms with Crippen LogP contribution in [0.2, 0.25) is 4.47 Å². The van der Waals surface area contributed by atoms with Crippen LogP contribution in [0.4, 0.5) is 11.4 Å². The van der Waals surface area contributed by atoms with Crippen LogP contribution in [0.5, 0.6) is 0 Å². The maximum absolute atomic E-state index is 12.1.